The topological polar surface area (TPSA) is 99.5 Å². The number of aromatic amines is 1. The monoisotopic (exact) mass is 424 g/mol. The van der Waals surface area contributed by atoms with Crippen LogP contribution in [0.2, 0.25) is 5.02 Å². The average molecular weight is 425 g/mol. The summed E-state index contributed by atoms with van der Waals surface area (Å²) in [6.45, 7) is 4.27. The van der Waals surface area contributed by atoms with Gasteiger partial charge in [0.2, 0.25) is 5.88 Å². The number of aromatic hydroxyl groups is 1. The molecule has 8 heteroatoms. The molecule has 0 amide bonds. The van der Waals surface area contributed by atoms with Gasteiger partial charge in [-0.1, -0.05) is 55.8 Å². The predicted molar refractivity (Wildman–Crippen MR) is 117 cm³/mol. The number of hydrogen-bond acceptors (Lipinski definition) is 5. The molecule has 2 heterocycles. The van der Waals surface area contributed by atoms with E-state index >= 15 is 0 Å². The van der Waals surface area contributed by atoms with Gasteiger partial charge in [0.25, 0.3) is 5.56 Å². The molecule has 0 bridgehead atoms. The van der Waals surface area contributed by atoms with Crippen molar-refractivity contribution < 1.29 is 5.11 Å². The van der Waals surface area contributed by atoms with Gasteiger partial charge < -0.3 is 10.5 Å². The lowest BCUT2D eigenvalue weighted by Crippen LogP contribution is -2.33. The first-order chi connectivity index (χ1) is 14.3. The first-order valence-electron chi connectivity index (χ1n) is 9.61. The number of halogens is 1. The number of aromatic nitrogens is 2. The van der Waals surface area contributed by atoms with E-state index in [1.807, 2.05) is 12.1 Å². The zero-order chi connectivity index (χ0) is 21.4. The SMILES string of the molecule is CC(C)c1ccc(C2CC(c3c(O)n(-c4cccc(Cl)c4)c(=O)[nH]c3=O)=NN2)cc1. The van der Waals surface area contributed by atoms with Crippen LogP contribution in [0, 0.1) is 0 Å². The molecular weight excluding hydrogens is 404 g/mol. The molecule has 2 aromatic carbocycles. The lowest BCUT2D eigenvalue weighted by atomic mass is 9.96. The van der Waals surface area contributed by atoms with Crippen molar-refractivity contribution in [2.45, 2.75) is 32.2 Å². The largest absolute Gasteiger partial charge is 0.493 e. The van der Waals surface area contributed by atoms with Gasteiger partial charge >= 0.3 is 5.69 Å². The Morgan fingerprint density at radius 3 is 2.57 bits per heavy atom. The zero-order valence-electron chi connectivity index (χ0n) is 16.5. The summed E-state index contributed by atoms with van der Waals surface area (Å²) in [5.41, 5.74) is 4.52. The van der Waals surface area contributed by atoms with Gasteiger partial charge in [0, 0.05) is 11.4 Å². The Balaban J connectivity index is 1.69. The summed E-state index contributed by atoms with van der Waals surface area (Å²) in [6, 6.07) is 14.5. The van der Waals surface area contributed by atoms with Crippen molar-refractivity contribution in [3.63, 3.8) is 0 Å². The van der Waals surface area contributed by atoms with Crippen LogP contribution in [0.3, 0.4) is 0 Å². The van der Waals surface area contributed by atoms with Crippen LogP contribution in [0.1, 0.15) is 48.9 Å². The van der Waals surface area contributed by atoms with Crippen molar-refractivity contribution in [1.82, 2.24) is 15.0 Å². The molecule has 4 rings (SSSR count). The minimum absolute atomic E-state index is 0.0385. The quantitative estimate of drug-likeness (QED) is 0.597. The first-order valence-corrected chi connectivity index (χ1v) is 9.99. The second-order valence-electron chi connectivity index (χ2n) is 7.54. The molecule has 154 valence electrons. The van der Waals surface area contributed by atoms with Gasteiger partial charge in [-0.2, -0.15) is 5.10 Å². The number of nitrogens with one attached hydrogen (secondary N) is 2. The van der Waals surface area contributed by atoms with Crippen molar-refractivity contribution in [3.8, 4) is 11.6 Å². The van der Waals surface area contributed by atoms with Gasteiger partial charge in [-0.15, -0.1) is 0 Å². The Morgan fingerprint density at radius 2 is 1.90 bits per heavy atom. The van der Waals surface area contributed by atoms with E-state index in [0.717, 1.165) is 10.1 Å². The lowest BCUT2D eigenvalue weighted by Gasteiger charge is -2.13. The zero-order valence-corrected chi connectivity index (χ0v) is 17.3. The Labute approximate surface area is 177 Å². The van der Waals surface area contributed by atoms with Crippen molar-refractivity contribution in [2.24, 2.45) is 5.10 Å². The molecule has 3 N–H and O–H groups in total. The van der Waals surface area contributed by atoms with Crippen LogP contribution < -0.4 is 16.7 Å². The lowest BCUT2D eigenvalue weighted by molar-refractivity contribution is 0.429. The second-order valence-corrected chi connectivity index (χ2v) is 7.98. The van der Waals surface area contributed by atoms with E-state index in [9.17, 15) is 14.7 Å². The van der Waals surface area contributed by atoms with E-state index in [1.165, 1.54) is 11.6 Å². The number of rotatable bonds is 4. The highest BCUT2D eigenvalue weighted by Crippen LogP contribution is 2.28. The molecular formula is C22H21ClN4O3. The molecule has 1 atom stereocenters. The van der Waals surface area contributed by atoms with E-state index in [1.54, 1.807) is 18.2 Å². The van der Waals surface area contributed by atoms with Crippen LogP contribution in [0.4, 0.5) is 0 Å². The molecule has 0 fully saturated rings. The molecule has 1 aromatic heterocycles. The third-order valence-electron chi connectivity index (χ3n) is 5.20. The third-order valence-corrected chi connectivity index (χ3v) is 5.43. The van der Waals surface area contributed by atoms with E-state index < -0.39 is 17.1 Å². The van der Waals surface area contributed by atoms with E-state index in [-0.39, 0.29) is 11.6 Å². The molecule has 0 radical (unpaired) electrons. The van der Waals surface area contributed by atoms with Gasteiger partial charge in [-0.3, -0.25) is 9.78 Å². The summed E-state index contributed by atoms with van der Waals surface area (Å²) in [7, 11) is 0. The summed E-state index contributed by atoms with van der Waals surface area (Å²) < 4.78 is 1.01. The highest BCUT2D eigenvalue weighted by atomic mass is 35.5. The Hall–Kier alpha value is -3.32. The number of hydrogen-bond donors (Lipinski definition) is 3. The smallest absolute Gasteiger partial charge is 0.335 e. The first kappa shape index (κ1) is 20.0. The maximum Gasteiger partial charge on any atom is 0.335 e. The van der Waals surface area contributed by atoms with E-state index in [0.29, 0.717) is 28.8 Å². The van der Waals surface area contributed by atoms with Crippen molar-refractivity contribution in [2.75, 3.05) is 0 Å². The van der Waals surface area contributed by atoms with Gasteiger partial charge in [-0.05, 0) is 35.2 Å². The summed E-state index contributed by atoms with van der Waals surface area (Å²) in [6.07, 6.45) is 0.394. The Bertz CT molecular complexity index is 1240. The summed E-state index contributed by atoms with van der Waals surface area (Å²) in [5, 5.41) is 15.5. The number of nitrogens with zero attached hydrogens (tertiary/aromatic N) is 2. The van der Waals surface area contributed by atoms with Gasteiger partial charge in [0.1, 0.15) is 5.56 Å². The predicted octanol–water partition coefficient (Wildman–Crippen LogP) is 3.45. The normalized spacial score (nSPS) is 15.9. The minimum Gasteiger partial charge on any atom is -0.493 e. The van der Waals surface area contributed by atoms with E-state index in [2.05, 4.69) is 41.5 Å². The molecule has 0 spiro atoms. The molecule has 1 aliphatic rings. The van der Waals surface area contributed by atoms with Crippen LogP contribution in [0.25, 0.3) is 5.69 Å². The second kappa shape index (κ2) is 7.84. The molecule has 7 nitrogen and oxygen atoms in total. The standard InChI is InChI=1S/C22H21ClN4O3/c1-12(2)13-6-8-14(9-7-13)17-11-18(26-25-17)19-20(28)24-22(30)27(21(19)29)16-5-3-4-15(23)10-16/h3-10,12,17,25,29H,11H2,1-2H3,(H,24,28,30). The molecule has 0 saturated carbocycles. The molecule has 1 aliphatic heterocycles. The van der Waals surface area contributed by atoms with E-state index in [4.69, 9.17) is 11.6 Å². The highest BCUT2D eigenvalue weighted by Gasteiger charge is 2.27. The van der Waals surface area contributed by atoms with Crippen LogP contribution >= 0.6 is 11.6 Å². The maximum atomic E-state index is 12.5. The summed E-state index contributed by atoms with van der Waals surface area (Å²) in [4.78, 5) is 27.1. The fourth-order valence-electron chi connectivity index (χ4n) is 3.54. The third kappa shape index (κ3) is 3.64. The Morgan fingerprint density at radius 1 is 1.17 bits per heavy atom. The van der Waals surface area contributed by atoms with Gasteiger partial charge in [0.05, 0.1) is 17.4 Å². The van der Waals surface area contributed by atoms with Crippen molar-refractivity contribution in [1.29, 1.82) is 0 Å². The summed E-state index contributed by atoms with van der Waals surface area (Å²) in [5.74, 6) is -0.0344. The molecule has 0 saturated heterocycles. The number of benzene rings is 2. The van der Waals surface area contributed by atoms with Gasteiger partial charge in [0.15, 0.2) is 0 Å². The molecule has 30 heavy (non-hydrogen) atoms. The number of H-pyrrole nitrogens is 1. The fraction of sp³-hybridized carbons (Fsp3) is 0.227. The van der Waals surface area contributed by atoms with Gasteiger partial charge in [-0.25, -0.2) is 9.36 Å². The van der Waals surface area contributed by atoms with Crippen LogP contribution in [-0.2, 0) is 0 Å². The van der Waals surface area contributed by atoms with Crippen molar-refractivity contribution in [3.05, 3.63) is 91.1 Å². The fourth-order valence-corrected chi connectivity index (χ4v) is 3.73. The summed E-state index contributed by atoms with van der Waals surface area (Å²) >= 11 is 6.01. The van der Waals surface area contributed by atoms with Crippen LogP contribution in [0.15, 0.2) is 63.2 Å². The molecule has 1 unspecified atom stereocenters. The maximum absolute atomic E-state index is 12.5. The highest BCUT2D eigenvalue weighted by molar-refractivity contribution is 6.30. The average Bonchev–Trinajstić information content (AvgIpc) is 3.17. The van der Waals surface area contributed by atoms with Crippen LogP contribution in [0.5, 0.6) is 5.88 Å². The molecule has 3 aromatic rings. The number of hydrazone groups is 1. The molecule has 0 aliphatic carbocycles. The Kier molecular flexibility index (Phi) is 5.22. The minimum atomic E-state index is -0.754. The van der Waals surface area contributed by atoms with Crippen LogP contribution in [-0.4, -0.2) is 20.4 Å². The van der Waals surface area contributed by atoms with Crippen molar-refractivity contribution >= 4 is 17.3 Å².